The molecule has 82 valence electrons. The van der Waals surface area contributed by atoms with Crippen LogP contribution in [0.3, 0.4) is 0 Å². The fourth-order valence-electron chi connectivity index (χ4n) is 3.30. The van der Waals surface area contributed by atoms with Gasteiger partial charge in [0.1, 0.15) is 0 Å². The standard InChI is InChI=1S/C12H24N2/c1-3-10-5-4-6-12(10)14-8-7-11(9-14)13-2/h10-13H,3-9H2,1-2H3. The van der Waals surface area contributed by atoms with Crippen LogP contribution >= 0.6 is 0 Å². The van der Waals surface area contributed by atoms with Crippen molar-refractivity contribution in [3.63, 3.8) is 0 Å². The van der Waals surface area contributed by atoms with Gasteiger partial charge in [-0.1, -0.05) is 19.8 Å². The minimum atomic E-state index is 0.758. The molecule has 0 aromatic carbocycles. The number of rotatable bonds is 3. The Bertz CT molecular complexity index is 181. The Morgan fingerprint density at radius 3 is 2.79 bits per heavy atom. The minimum absolute atomic E-state index is 0.758. The second-order valence-electron chi connectivity index (χ2n) is 4.94. The van der Waals surface area contributed by atoms with Gasteiger partial charge in [0, 0.05) is 25.2 Å². The molecule has 1 aliphatic carbocycles. The fraction of sp³-hybridized carbons (Fsp3) is 1.00. The molecule has 1 saturated carbocycles. The first-order chi connectivity index (χ1) is 6.85. The van der Waals surface area contributed by atoms with Gasteiger partial charge in [0.2, 0.25) is 0 Å². The summed E-state index contributed by atoms with van der Waals surface area (Å²) < 4.78 is 0. The third-order valence-electron chi connectivity index (χ3n) is 4.24. The van der Waals surface area contributed by atoms with Crippen LogP contribution in [0.2, 0.25) is 0 Å². The van der Waals surface area contributed by atoms with E-state index in [1.807, 2.05) is 0 Å². The lowest BCUT2D eigenvalue weighted by molar-refractivity contribution is 0.190. The minimum Gasteiger partial charge on any atom is -0.316 e. The lowest BCUT2D eigenvalue weighted by Gasteiger charge is -2.28. The van der Waals surface area contributed by atoms with Crippen LogP contribution in [0.15, 0.2) is 0 Å². The molecule has 0 bridgehead atoms. The summed E-state index contributed by atoms with van der Waals surface area (Å²) in [7, 11) is 2.10. The number of hydrogen-bond acceptors (Lipinski definition) is 2. The van der Waals surface area contributed by atoms with E-state index in [-0.39, 0.29) is 0 Å². The maximum atomic E-state index is 3.41. The summed E-state index contributed by atoms with van der Waals surface area (Å²) in [6.45, 7) is 4.97. The normalized spacial score (nSPS) is 39.4. The maximum Gasteiger partial charge on any atom is 0.0204 e. The van der Waals surface area contributed by atoms with Crippen LogP contribution in [0.5, 0.6) is 0 Å². The van der Waals surface area contributed by atoms with Gasteiger partial charge >= 0.3 is 0 Å². The lowest BCUT2D eigenvalue weighted by atomic mass is 9.99. The van der Waals surface area contributed by atoms with Crippen molar-refractivity contribution in [3.8, 4) is 0 Å². The van der Waals surface area contributed by atoms with E-state index < -0.39 is 0 Å². The van der Waals surface area contributed by atoms with E-state index in [9.17, 15) is 0 Å². The first-order valence-electron chi connectivity index (χ1n) is 6.26. The molecule has 0 spiro atoms. The second-order valence-corrected chi connectivity index (χ2v) is 4.94. The maximum absolute atomic E-state index is 3.41. The number of hydrogen-bond donors (Lipinski definition) is 1. The monoisotopic (exact) mass is 196 g/mol. The zero-order valence-electron chi connectivity index (χ0n) is 9.63. The largest absolute Gasteiger partial charge is 0.316 e. The first kappa shape index (κ1) is 10.4. The van der Waals surface area contributed by atoms with Gasteiger partial charge in [0.25, 0.3) is 0 Å². The Morgan fingerprint density at radius 1 is 1.29 bits per heavy atom. The third kappa shape index (κ3) is 1.96. The third-order valence-corrected chi connectivity index (χ3v) is 4.24. The summed E-state index contributed by atoms with van der Waals surface area (Å²) >= 11 is 0. The van der Waals surface area contributed by atoms with Gasteiger partial charge in [-0.05, 0) is 32.2 Å². The van der Waals surface area contributed by atoms with E-state index in [1.54, 1.807) is 0 Å². The SMILES string of the molecule is CCC1CCCC1N1CCC(NC)C1. The Morgan fingerprint density at radius 2 is 2.14 bits per heavy atom. The molecule has 3 unspecified atom stereocenters. The molecule has 2 fully saturated rings. The number of nitrogens with one attached hydrogen (secondary N) is 1. The van der Waals surface area contributed by atoms with Crippen LogP contribution in [0.4, 0.5) is 0 Å². The molecule has 0 amide bonds. The van der Waals surface area contributed by atoms with Crippen molar-refractivity contribution in [1.82, 2.24) is 10.2 Å². The summed E-state index contributed by atoms with van der Waals surface area (Å²) in [5.74, 6) is 0.991. The molecule has 1 aliphatic heterocycles. The predicted octanol–water partition coefficient (Wildman–Crippen LogP) is 1.86. The summed E-state index contributed by atoms with van der Waals surface area (Å²) in [5, 5.41) is 3.41. The first-order valence-corrected chi connectivity index (χ1v) is 6.26. The van der Waals surface area contributed by atoms with E-state index in [4.69, 9.17) is 0 Å². The highest BCUT2D eigenvalue weighted by Gasteiger charge is 2.34. The van der Waals surface area contributed by atoms with Crippen molar-refractivity contribution in [2.45, 2.75) is 51.1 Å². The fourth-order valence-corrected chi connectivity index (χ4v) is 3.30. The van der Waals surface area contributed by atoms with Crippen LogP contribution < -0.4 is 5.32 Å². The predicted molar refractivity (Wildman–Crippen MR) is 60.5 cm³/mol. The van der Waals surface area contributed by atoms with Gasteiger partial charge in [-0.25, -0.2) is 0 Å². The van der Waals surface area contributed by atoms with Crippen molar-refractivity contribution < 1.29 is 0 Å². The summed E-state index contributed by atoms with van der Waals surface area (Å²) in [4.78, 5) is 2.74. The molecule has 2 heteroatoms. The zero-order valence-corrected chi connectivity index (χ0v) is 9.63. The van der Waals surface area contributed by atoms with Crippen molar-refractivity contribution >= 4 is 0 Å². The number of likely N-dealkylation sites (tertiary alicyclic amines) is 1. The van der Waals surface area contributed by atoms with Gasteiger partial charge in [0.15, 0.2) is 0 Å². The summed E-state index contributed by atoms with van der Waals surface area (Å²) in [6.07, 6.45) is 7.12. The average molecular weight is 196 g/mol. The second kappa shape index (κ2) is 4.63. The van der Waals surface area contributed by atoms with Gasteiger partial charge < -0.3 is 5.32 Å². The van der Waals surface area contributed by atoms with E-state index in [1.165, 1.54) is 45.2 Å². The zero-order chi connectivity index (χ0) is 9.97. The molecule has 1 heterocycles. The highest BCUT2D eigenvalue weighted by Crippen LogP contribution is 2.33. The Hall–Kier alpha value is -0.0800. The Balaban J connectivity index is 1.89. The van der Waals surface area contributed by atoms with Crippen molar-refractivity contribution in [2.24, 2.45) is 5.92 Å². The molecule has 2 aliphatic rings. The van der Waals surface area contributed by atoms with Crippen LogP contribution in [0.1, 0.15) is 39.0 Å². The lowest BCUT2D eigenvalue weighted by Crippen LogP contribution is -2.38. The van der Waals surface area contributed by atoms with E-state index >= 15 is 0 Å². The molecule has 1 N–H and O–H groups in total. The molecule has 0 aromatic heterocycles. The molecular weight excluding hydrogens is 172 g/mol. The van der Waals surface area contributed by atoms with E-state index in [0.717, 1.165) is 18.0 Å². The molecule has 1 saturated heterocycles. The number of likely N-dealkylation sites (N-methyl/N-ethyl adjacent to an activating group) is 1. The Kier molecular flexibility index (Phi) is 3.45. The molecule has 2 rings (SSSR count). The van der Waals surface area contributed by atoms with Gasteiger partial charge in [-0.2, -0.15) is 0 Å². The van der Waals surface area contributed by atoms with Crippen LogP contribution in [-0.2, 0) is 0 Å². The van der Waals surface area contributed by atoms with Crippen molar-refractivity contribution in [1.29, 1.82) is 0 Å². The van der Waals surface area contributed by atoms with Crippen molar-refractivity contribution in [2.75, 3.05) is 20.1 Å². The van der Waals surface area contributed by atoms with Crippen LogP contribution in [-0.4, -0.2) is 37.1 Å². The smallest absolute Gasteiger partial charge is 0.0204 e. The highest BCUT2D eigenvalue weighted by atomic mass is 15.2. The molecule has 3 atom stereocenters. The highest BCUT2D eigenvalue weighted by molar-refractivity contribution is 4.90. The molecule has 14 heavy (non-hydrogen) atoms. The van der Waals surface area contributed by atoms with Crippen LogP contribution in [0.25, 0.3) is 0 Å². The number of nitrogens with zero attached hydrogens (tertiary/aromatic N) is 1. The van der Waals surface area contributed by atoms with Gasteiger partial charge in [-0.15, -0.1) is 0 Å². The topological polar surface area (TPSA) is 15.3 Å². The van der Waals surface area contributed by atoms with Gasteiger partial charge in [0.05, 0.1) is 0 Å². The quantitative estimate of drug-likeness (QED) is 0.741. The Labute approximate surface area is 88.1 Å². The van der Waals surface area contributed by atoms with E-state index in [2.05, 4.69) is 24.2 Å². The van der Waals surface area contributed by atoms with Gasteiger partial charge in [-0.3, -0.25) is 4.90 Å². The summed E-state index contributed by atoms with van der Waals surface area (Å²) in [6, 6.07) is 1.67. The van der Waals surface area contributed by atoms with E-state index in [0.29, 0.717) is 0 Å². The molecular formula is C12H24N2. The van der Waals surface area contributed by atoms with Crippen molar-refractivity contribution in [3.05, 3.63) is 0 Å². The summed E-state index contributed by atoms with van der Waals surface area (Å²) in [5.41, 5.74) is 0. The molecule has 0 aromatic rings. The molecule has 0 radical (unpaired) electrons. The molecule has 2 nitrogen and oxygen atoms in total. The van der Waals surface area contributed by atoms with Crippen LogP contribution in [0, 0.1) is 5.92 Å². The average Bonchev–Trinajstić information content (AvgIpc) is 2.85.